The molecular weight excluding hydrogens is 254 g/mol. The van der Waals surface area contributed by atoms with Crippen molar-refractivity contribution in [1.29, 1.82) is 0 Å². The van der Waals surface area contributed by atoms with Gasteiger partial charge >= 0.3 is 0 Å². The van der Waals surface area contributed by atoms with Crippen molar-refractivity contribution in [2.45, 2.75) is 25.6 Å². The first-order valence-corrected chi connectivity index (χ1v) is 6.73. The van der Waals surface area contributed by atoms with Crippen LogP contribution < -0.4 is 0 Å². The zero-order valence-corrected chi connectivity index (χ0v) is 11.6. The molecule has 106 valence electrons. The van der Waals surface area contributed by atoms with E-state index in [4.69, 9.17) is 4.74 Å². The van der Waals surface area contributed by atoms with Crippen LogP contribution >= 0.6 is 0 Å². The fourth-order valence-corrected chi connectivity index (χ4v) is 2.37. The molecule has 1 heterocycles. The highest BCUT2D eigenvalue weighted by Gasteiger charge is 2.38. The van der Waals surface area contributed by atoms with E-state index in [9.17, 15) is 9.59 Å². The Labute approximate surface area is 119 Å². The molecular formula is C16H19NO3. The fourth-order valence-electron chi connectivity index (χ4n) is 2.37. The maximum Gasteiger partial charge on any atom is 0.231 e. The van der Waals surface area contributed by atoms with Gasteiger partial charge in [-0.15, -0.1) is 6.58 Å². The van der Waals surface area contributed by atoms with Gasteiger partial charge in [0.05, 0.1) is 18.6 Å². The topological polar surface area (TPSA) is 46.6 Å². The van der Waals surface area contributed by atoms with Crippen LogP contribution in [0, 0.1) is 5.92 Å². The van der Waals surface area contributed by atoms with Crippen LogP contribution in [0.25, 0.3) is 0 Å². The number of benzene rings is 1. The molecule has 1 aliphatic heterocycles. The van der Waals surface area contributed by atoms with E-state index in [1.807, 2.05) is 30.3 Å². The van der Waals surface area contributed by atoms with Gasteiger partial charge in [-0.2, -0.15) is 0 Å². The molecule has 0 saturated carbocycles. The Kier molecular flexibility index (Phi) is 4.69. The van der Waals surface area contributed by atoms with Gasteiger partial charge in [-0.3, -0.25) is 9.59 Å². The highest BCUT2D eigenvalue weighted by molar-refractivity contribution is 5.83. The second-order valence-corrected chi connectivity index (χ2v) is 4.97. The van der Waals surface area contributed by atoms with Gasteiger partial charge in [0, 0.05) is 0 Å². The lowest BCUT2D eigenvalue weighted by Gasteiger charge is -2.27. The molecule has 0 aliphatic carbocycles. The molecule has 0 spiro atoms. The molecule has 1 saturated heterocycles. The van der Waals surface area contributed by atoms with Crippen LogP contribution in [0.4, 0.5) is 0 Å². The molecule has 0 N–H and O–H groups in total. The lowest BCUT2D eigenvalue weighted by atomic mass is 10.0. The first-order valence-electron chi connectivity index (χ1n) is 6.73. The second-order valence-electron chi connectivity index (χ2n) is 4.97. The number of ether oxygens (including phenoxy) is 1. The predicted molar refractivity (Wildman–Crippen MR) is 75.9 cm³/mol. The van der Waals surface area contributed by atoms with E-state index in [1.54, 1.807) is 17.9 Å². The second kappa shape index (κ2) is 6.48. The van der Waals surface area contributed by atoms with Crippen molar-refractivity contribution >= 4 is 12.2 Å². The maximum atomic E-state index is 12.4. The van der Waals surface area contributed by atoms with E-state index < -0.39 is 6.23 Å². The number of amides is 1. The Morgan fingerprint density at radius 3 is 2.80 bits per heavy atom. The molecule has 1 amide bonds. The maximum absolute atomic E-state index is 12.4. The predicted octanol–water partition coefficient (Wildman–Crippen LogP) is 1.80. The standard InChI is InChI=1S/C16H19NO3/c1-3-12(2)16(19)17-14(11-20-15(17)10-18)9-13-7-5-4-6-8-13/h3-8,10,12,14-15H,1,9,11H2,2H3/t12-,14-,15?/m1/s1. The molecule has 1 aromatic rings. The minimum atomic E-state index is -0.779. The number of rotatable bonds is 5. The third-order valence-electron chi connectivity index (χ3n) is 3.56. The van der Waals surface area contributed by atoms with Gasteiger partial charge in [0.1, 0.15) is 0 Å². The molecule has 4 heteroatoms. The number of hydrogen-bond acceptors (Lipinski definition) is 3. The Bertz CT molecular complexity index is 486. The fraction of sp³-hybridized carbons (Fsp3) is 0.375. The summed E-state index contributed by atoms with van der Waals surface area (Å²) < 4.78 is 5.42. The van der Waals surface area contributed by atoms with Crippen LogP contribution in [0.15, 0.2) is 43.0 Å². The van der Waals surface area contributed by atoms with Crippen molar-refractivity contribution in [3.8, 4) is 0 Å². The Morgan fingerprint density at radius 1 is 1.50 bits per heavy atom. The average molecular weight is 273 g/mol. The van der Waals surface area contributed by atoms with Crippen LogP contribution in [0.1, 0.15) is 12.5 Å². The lowest BCUT2D eigenvalue weighted by molar-refractivity contribution is -0.144. The third kappa shape index (κ3) is 2.96. The lowest BCUT2D eigenvalue weighted by Crippen LogP contribution is -2.45. The molecule has 0 aromatic heterocycles. The van der Waals surface area contributed by atoms with E-state index in [-0.39, 0.29) is 17.9 Å². The van der Waals surface area contributed by atoms with E-state index in [0.29, 0.717) is 19.3 Å². The van der Waals surface area contributed by atoms with Gasteiger partial charge in [-0.05, 0) is 12.0 Å². The number of nitrogens with zero attached hydrogens (tertiary/aromatic N) is 1. The first kappa shape index (κ1) is 14.5. The highest BCUT2D eigenvalue weighted by Crippen LogP contribution is 2.22. The average Bonchev–Trinajstić information content (AvgIpc) is 2.89. The van der Waals surface area contributed by atoms with Crippen molar-refractivity contribution in [2.24, 2.45) is 5.92 Å². The monoisotopic (exact) mass is 273 g/mol. The van der Waals surface area contributed by atoms with Crippen LogP contribution in [0.3, 0.4) is 0 Å². The summed E-state index contributed by atoms with van der Waals surface area (Å²) in [6, 6.07) is 9.78. The van der Waals surface area contributed by atoms with Gasteiger partial charge in [0.25, 0.3) is 0 Å². The molecule has 3 atom stereocenters. The van der Waals surface area contributed by atoms with Crippen LogP contribution in [0.2, 0.25) is 0 Å². The van der Waals surface area contributed by atoms with Crippen molar-refractivity contribution < 1.29 is 14.3 Å². The summed E-state index contributed by atoms with van der Waals surface area (Å²) in [4.78, 5) is 25.0. The highest BCUT2D eigenvalue weighted by atomic mass is 16.5. The molecule has 1 unspecified atom stereocenters. The molecule has 1 aliphatic rings. The van der Waals surface area contributed by atoms with E-state index >= 15 is 0 Å². The van der Waals surface area contributed by atoms with Crippen molar-refractivity contribution in [2.75, 3.05) is 6.61 Å². The summed E-state index contributed by atoms with van der Waals surface area (Å²) in [6.45, 7) is 5.79. The third-order valence-corrected chi connectivity index (χ3v) is 3.56. The summed E-state index contributed by atoms with van der Waals surface area (Å²) >= 11 is 0. The minimum absolute atomic E-state index is 0.109. The van der Waals surface area contributed by atoms with E-state index in [1.165, 1.54) is 0 Å². The molecule has 1 fully saturated rings. The number of aldehydes is 1. The molecule has 0 bridgehead atoms. The molecule has 2 rings (SSSR count). The molecule has 20 heavy (non-hydrogen) atoms. The van der Waals surface area contributed by atoms with Crippen LogP contribution in [-0.2, 0) is 20.7 Å². The van der Waals surface area contributed by atoms with Gasteiger partial charge in [-0.25, -0.2) is 0 Å². The van der Waals surface area contributed by atoms with Crippen molar-refractivity contribution in [3.63, 3.8) is 0 Å². The summed E-state index contributed by atoms with van der Waals surface area (Å²) in [5.74, 6) is -0.437. The smallest absolute Gasteiger partial charge is 0.231 e. The molecule has 0 radical (unpaired) electrons. The summed E-state index contributed by atoms with van der Waals surface area (Å²) in [5.41, 5.74) is 1.12. The molecule has 4 nitrogen and oxygen atoms in total. The largest absolute Gasteiger partial charge is 0.349 e. The Balaban J connectivity index is 2.16. The van der Waals surface area contributed by atoms with E-state index in [0.717, 1.165) is 5.56 Å². The van der Waals surface area contributed by atoms with Crippen molar-refractivity contribution in [1.82, 2.24) is 4.90 Å². The number of carbonyl (C=O) groups excluding carboxylic acids is 2. The zero-order chi connectivity index (χ0) is 14.5. The van der Waals surface area contributed by atoms with Gasteiger partial charge in [-0.1, -0.05) is 43.3 Å². The van der Waals surface area contributed by atoms with Crippen LogP contribution in [-0.4, -0.2) is 36.0 Å². The minimum Gasteiger partial charge on any atom is -0.349 e. The van der Waals surface area contributed by atoms with Gasteiger partial charge < -0.3 is 9.64 Å². The quantitative estimate of drug-likeness (QED) is 0.607. The van der Waals surface area contributed by atoms with Gasteiger partial charge in [0.15, 0.2) is 12.5 Å². The summed E-state index contributed by atoms with van der Waals surface area (Å²) in [6.07, 6.45) is 2.17. The Hall–Kier alpha value is -1.94. The van der Waals surface area contributed by atoms with Crippen molar-refractivity contribution in [3.05, 3.63) is 48.6 Å². The van der Waals surface area contributed by atoms with Gasteiger partial charge in [0.2, 0.25) is 5.91 Å². The zero-order valence-electron chi connectivity index (χ0n) is 11.6. The normalized spacial score (nSPS) is 23.4. The SMILES string of the molecule is C=C[C@@H](C)C(=O)N1C(C=O)OC[C@H]1Cc1ccccc1. The number of carbonyl (C=O) groups is 2. The number of hydrogen-bond donors (Lipinski definition) is 0. The Morgan fingerprint density at radius 2 is 2.20 bits per heavy atom. The van der Waals surface area contributed by atoms with E-state index in [2.05, 4.69) is 6.58 Å². The first-order chi connectivity index (χ1) is 9.67. The van der Waals surface area contributed by atoms with Crippen LogP contribution in [0.5, 0.6) is 0 Å². The molecule has 1 aromatic carbocycles. The summed E-state index contributed by atoms with van der Waals surface area (Å²) in [5, 5.41) is 0. The summed E-state index contributed by atoms with van der Waals surface area (Å²) in [7, 11) is 0.